The topological polar surface area (TPSA) is 90.9 Å². The lowest BCUT2D eigenvalue weighted by atomic mass is 10.1. The molecule has 0 aromatic carbocycles. The number of fused-ring (bicyclic) bond motifs is 3. The third-order valence-corrected chi connectivity index (χ3v) is 5.35. The first-order chi connectivity index (χ1) is 12.7. The summed E-state index contributed by atoms with van der Waals surface area (Å²) < 4.78 is 0. The van der Waals surface area contributed by atoms with Crippen LogP contribution in [-0.4, -0.2) is 60.9 Å². The molecule has 0 spiro atoms. The SMILES string of the molecule is Cc1cnc(C(=O)N2C3CCC2CN(c2ncnc4[nH]ccc24)C3)cn1. The summed E-state index contributed by atoms with van der Waals surface area (Å²) in [5, 5.41) is 1.02. The number of carbonyl (C=O) groups excluding carboxylic acids is 1. The van der Waals surface area contributed by atoms with E-state index in [1.54, 1.807) is 18.7 Å². The van der Waals surface area contributed by atoms with E-state index in [-0.39, 0.29) is 18.0 Å². The summed E-state index contributed by atoms with van der Waals surface area (Å²) in [5.41, 5.74) is 2.08. The molecule has 8 nitrogen and oxygen atoms in total. The summed E-state index contributed by atoms with van der Waals surface area (Å²) in [5.74, 6) is 0.925. The maximum absolute atomic E-state index is 13.0. The van der Waals surface area contributed by atoms with Gasteiger partial charge in [0.05, 0.1) is 29.4 Å². The normalized spacial score (nSPS) is 22.2. The van der Waals surface area contributed by atoms with Gasteiger partial charge in [0.2, 0.25) is 0 Å². The summed E-state index contributed by atoms with van der Waals surface area (Å²) in [6.07, 6.45) is 8.72. The number of rotatable bonds is 2. The number of aromatic nitrogens is 5. The molecule has 1 N–H and O–H groups in total. The van der Waals surface area contributed by atoms with Gasteiger partial charge in [-0.05, 0) is 25.8 Å². The first-order valence-corrected chi connectivity index (χ1v) is 8.85. The first kappa shape index (κ1) is 15.2. The molecule has 5 heterocycles. The van der Waals surface area contributed by atoms with Crippen LogP contribution >= 0.6 is 0 Å². The van der Waals surface area contributed by atoms with Crippen molar-refractivity contribution in [3.05, 3.63) is 42.4 Å². The van der Waals surface area contributed by atoms with Gasteiger partial charge in [-0.2, -0.15) is 0 Å². The van der Waals surface area contributed by atoms with E-state index in [4.69, 9.17) is 0 Å². The van der Waals surface area contributed by atoms with Crippen molar-refractivity contribution in [3.63, 3.8) is 0 Å². The lowest BCUT2D eigenvalue weighted by Gasteiger charge is -2.41. The molecule has 8 heteroatoms. The molecule has 2 unspecified atom stereocenters. The zero-order chi connectivity index (χ0) is 17.7. The van der Waals surface area contributed by atoms with Gasteiger partial charge in [-0.3, -0.25) is 9.78 Å². The van der Waals surface area contributed by atoms with Gasteiger partial charge in [0.25, 0.3) is 5.91 Å². The van der Waals surface area contributed by atoms with Crippen LogP contribution in [0.4, 0.5) is 5.82 Å². The zero-order valence-electron chi connectivity index (χ0n) is 14.5. The summed E-state index contributed by atoms with van der Waals surface area (Å²) >= 11 is 0. The molecule has 1 amide bonds. The number of nitrogens with zero attached hydrogens (tertiary/aromatic N) is 6. The second kappa shape index (κ2) is 5.76. The van der Waals surface area contributed by atoms with Gasteiger partial charge < -0.3 is 14.8 Å². The fraction of sp³-hybridized carbons (Fsp3) is 0.389. The monoisotopic (exact) mass is 349 g/mol. The van der Waals surface area contributed by atoms with Crippen molar-refractivity contribution in [1.82, 2.24) is 29.8 Å². The molecule has 5 rings (SSSR count). The van der Waals surface area contributed by atoms with E-state index >= 15 is 0 Å². The van der Waals surface area contributed by atoms with Crippen molar-refractivity contribution in [2.75, 3.05) is 18.0 Å². The van der Waals surface area contributed by atoms with Crippen LogP contribution in [0.3, 0.4) is 0 Å². The summed E-state index contributed by atoms with van der Waals surface area (Å²) in [6.45, 7) is 3.42. The average molecular weight is 349 g/mol. The maximum Gasteiger partial charge on any atom is 0.274 e. The standard InChI is InChI=1S/C18H19N7O/c1-11-6-21-15(7-20-11)18(26)25-12-2-3-13(25)9-24(8-12)17-14-4-5-19-16(14)22-10-23-17/h4-7,10,12-13H,2-3,8-9H2,1H3,(H,19,22,23). The van der Waals surface area contributed by atoms with Crippen LogP contribution in [-0.2, 0) is 0 Å². The molecule has 0 radical (unpaired) electrons. The fourth-order valence-electron chi connectivity index (χ4n) is 4.15. The minimum absolute atomic E-state index is 0.0147. The highest BCUT2D eigenvalue weighted by molar-refractivity contribution is 5.93. The van der Waals surface area contributed by atoms with Crippen molar-refractivity contribution >= 4 is 22.8 Å². The van der Waals surface area contributed by atoms with Crippen molar-refractivity contribution in [2.45, 2.75) is 31.8 Å². The average Bonchev–Trinajstić information content (AvgIpc) is 3.23. The predicted molar refractivity (Wildman–Crippen MR) is 95.9 cm³/mol. The Balaban J connectivity index is 1.42. The van der Waals surface area contributed by atoms with Crippen molar-refractivity contribution in [2.24, 2.45) is 0 Å². The second-order valence-corrected chi connectivity index (χ2v) is 6.98. The van der Waals surface area contributed by atoms with E-state index in [1.165, 1.54) is 0 Å². The minimum atomic E-state index is -0.0147. The number of nitrogens with one attached hydrogen (secondary N) is 1. The molecule has 132 valence electrons. The molecule has 2 atom stereocenters. The first-order valence-electron chi connectivity index (χ1n) is 8.85. The summed E-state index contributed by atoms with van der Waals surface area (Å²) in [4.78, 5) is 37.6. The number of hydrogen-bond donors (Lipinski definition) is 1. The largest absolute Gasteiger partial charge is 0.352 e. The van der Waals surface area contributed by atoms with E-state index in [0.717, 1.165) is 48.5 Å². The number of hydrogen-bond acceptors (Lipinski definition) is 6. The minimum Gasteiger partial charge on any atom is -0.352 e. The van der Waals surface area contributed by atoms with E-state index in [1.807, 2.05) is 24.1 Å². The number of H-pyrrole nitrogens is 1. The molecule has 2 bridgehead atoms. The highest BCUT2D eigenvalue weighted by atomic mass is 16.2. The summed E-state index contributed by atoms with van der Waals surface area (Å²) in [6, 6.07) is 2.35. The Morgan fingerprint density at radius 2 is 1.92 bits per heavy atom. The number of piperazine rings is 1. The van der Waals surface area contributed by atoms with E-state index in [9.17, 15) is 4.79 Å². The Labute approximate surface area is 150 Å². The molecule has 2 aliphatic heterocycles. The van der Waals surface area contributed by atoms with E-state index < -0.39 is 0 Å². The Hall–Kier alpha value is -3.03. The zero-order valence-corrected chi connectivity index (χ0v) is 14.5. The van der Waals surface area contributed by atoms with Gasteiger partial charge in [0, 0.05) is 25.5 Å². The van der Waals surface area contributed by atoms with Crippen LogP contribution in [0.15, 0.2) is 31.0 Å². The van der Waals surface area contributed by atoms with Crippen LogP contribution in [0.5, 0.6) is 0 Å². The van der Waals surface area contributed by atoms with Gasteiger partial charge in [-0.25, -0.2) is 15.0 Å². The lowest BCUT2D eigenvalue weighted by molar-refractivity contribution is 0.0634. The van der Waals surface area contributed by atoms with Crippen LogP contribution < -0.4 is 4.90 Å². The van der Waals surface area contributed by atoms with Crippen molar-refractivity contribution in [1.29, 1.82) is 0 Å². The van der Waals surface area contributed by atoms with E-state index in [2.05, 4.69) is 29.8 Å². The van der Waals surface area contributed by atoms with Crippen molar-refractivity contribution < 1.29 is 4.79 Å². The van der Waals surface area contributed by atoms with Gasteiger partial charge in [0.1, 0.15) is 23.5 Å². The molecular weight excluding hydrogens is 330 g/mol. The van der Waals surface area contributed by atoms with Crippen LogP contribution in [0.1, 0.15) is 29.0 Å². The quantitative estimate of drug-likeness (QED) is 0.755. The van der Waals surface area contributed by atoms with Crippen LogP contribution in [0.25, 0.3) is 11.0 Å². The Bertz CT molecular complexity index is 953. The lowest BCUT2D eigenvalue weighted by Crippen LogP contribution is -2.56. The molecule has 3 aromatic rings. The number of aromatic amines is 1. The Kier molecular flexibility index (Phi) is 3.37. The number of aryl methyl sites for hydroxylation is 1. The highest BCUT2D eigenvalue weighted by Gasteiger charge is 2.43. The molecule has 0 aliphatic carbocycles. The third kappa shape index (κ3) is 2.33. The number of carbonyl (C=O) groups is 1. The van der Waals surface area contributed by atoms with Crippen LogP contribution in [0.2, 0.25) is 0 Å². The Morgan fingerprint density at radius 3 is 2.65 bits per heavy atom. The van der Waals surface area contributed by atoms with Gasteiger partial charge in [-0.1, -0.05) is 0 Å². The van der Waals surface area contributed by atoms with E-state index in [0.29, 0.717) is 5.69 Å². The van der Waals surface area contributed by atoms with Gasteiger partial charge in [0.15, 0.2) is 0 Å². The van der Waals surface area contributed by atoms with Gasteiger partial charge in [-0.15, -0.1) is 0 Å². The Morgan fingerprint density at radius 1 is 1.12 bits per heavy atom. The number of amides is 1. The molecule has 2 saturated heterocycles. The molecule has 0 saturated carbocycles. The predicted octanol–water partition coefficient (Wildman–Crippen LogP) is 1.55. The molecule has 26 heavy (non-hydrogen) atoms. The van der Waals surface area contributed by atoms with Gasteiger partial charge >= 0.3 is 0 Å². The summed E-state index contributed by atoms with van der Waals surface area (Å²) in [7, 11) is 0. The smallest absolute Gasteiger partial charge is 0.274 e. The molecule has 3 aromatic heterocycles. The van der Waals surface area contributed by atoms with Crippen LogP contribution in [0, 0.1) is 6.92 Å². The van der Waals surface area contributed by atoms with Crippen molar-refractivity contribution in [3.8, 4) is 0 Å². The molecular formula is C18H19N7O. The molecule has 2 aliphatic rings. The second-order valence-electron chi connectivity index (χ2n) is 6.98. The molecule has 2 fully saturated rings. The highest BCUT2D eigenvalue weighted by Crippen LogP contribution is 2.34. The number of anilines is 1. The third-order valence-electron chi connectivity index (χ3n) is 5.35. The fourth-order valence-corrected chi connectivity index (χ4v) is 4.15. The maximum atomic E-state index is 13.0.